The first-order chi connectivity index (χ1) is 9.22. The average Bonchev–Trinajstić information content (AvgIpc) is 2.42. The van der Waals surface area contributed by atoms with Crippen molar-refractivity contribution in [2.45, 2.75) is 90.0 Å². The maximum absolute atomic E-state index is 6.24. The fraction of sp³-hybridized carbons (Fsp3) is 1.00. The Morgan fingerprint density at radius 3 is 2.42 bits per heavy atom. The Labute approximate surface area is 125 Å². The molecule has 1 N–H and O–H groups in total. The third-order valence-electron chi connectivity index (χ3n) is 4.63. The van der Waals surface area contributed by atoms with Gasteiger partial charge in [-0.15, -0.1) is 11.6 Å². The minimum Gasteiger partial charge on any atom is -0.310 e. The van der Waals surface area contributed by atoms with Crippen LogP contribution in [-0.2, 0) is 0 Å². The number of alkyl halides is 1. The van der Waals surface area contributed by atoms with Crippen LogP contribution in [0, 0.1) is 5.92 Å². The minimum atomic E-state index is 0.251. The average molecular weight is 288 g/mol. The molecule has 1 fully saturated rings. The van der Waals surface area contributed by atoms with E-state index in [1.54, 1.807) is 0 Å². The number of nitrogens with one attached hydrogen (secondary N) is 1. The Bertz CT molecular complexity index is 219. The predicted molar refractivity (Wildman–Crippen MR) is 87.1 cm³/mol. The van der Waals surface area contributed by atoms with Gasteiger partial charge in [0, 0.05) is 11.4 Å². The highest BCUT2D eigenvalue weighted by Crippen LogP contribution is 2.33. The number of unbranched alkanes of at least 4 members (excludes halogenated alkanes) is 6. The van der Waals surface area contributed by atoms with Gasteiger partial charge in [-0.2, -0.15) is 0 Å². The number of rotatable bonds is 10. The molecule has 0 aromatic rings. The molecule has 0 radical (unpaired) electrons. The van der Waals surface area contributed by atoms with Crippen molar-refractivity contribution in [1.82, 2.24) is 5.32 Å². The first-order valence-electron chi connectivity index (χ1n) is 8.53. The molecule has 0 bridgehead atoms. The topological polar surface area (TPSA) is 12.0 Å². The zero-order valence-electron chi connectivity index (χ0n) is 13.1. The number of hydrogen-bond donors (Lipinski definition) is 1. The van der Waals surface area contributed by atoms with Crippen LogP contribution in [0.15, 0.2) is 0 Å². The van der Waals surface area contributed by atoms with Gasteiger partial charge in [-0.3, -0.25) is 0 Å². The van der Waals surface area contributed by atoms with Crippen molar-refractivity contribution >= 4 is 11.6 Å². The summed E-state index contributed by atoms with van der Waals surface area (Å²) in [5, 5.41) is 3.79. The van der Waals surface area contributed by atoms with Gasteiger partial charge in [0.15, 0.2) is 0 Å². The smallest absolute Gasteiger partial charge is 0.0406 e. The summed E-state index contributed by atoms with van der Waals surface area (Å²) in [4.78, 5) is 0. The summed E-state index contributed by atoms with van der Waals surface area (Å²) in [6, 6.07) is 0. The molecule has 0 amide bonds. The molecule has 1 aliphatic carbocycles. The lowest BCUT2D eigenvalue weighted by atomic mass is 9.77. The molecule has 0 heterocycles. The summed E-state index contributed by atoms with van der Waals surface area (Å²) in [5.74, 6) is 1.63. The second kappa shape index (κ2) is 10.0. The van der Waals surface area contributed by atoms with Gasteiger partial charge in [-0.25, -0.2) is 0 Å². The lowest BCUT2D eigenvalue weighted by molar-refractivity contribution is 0.208. The van der Waals surface area contributed by atoms with E-state index in [4.69, 9.17) is 11.6 Å². The van der Waals surface area contributed by atoms with Crippen LogP contribution in [0.5, 0.6) is 0 Å². The van der Waals surface area contributed by atoms with E-state index in [0.29, 0.717) is 0 Å². The standard InChI is InChI=1S/C17H34ClN/c1-3-4-5-6-7-8-9-13-19-17(15-18)12-10-11-16(2)14-17/h16,19H,3-15H2,1-2H3. The largest absolute Gasteiger partial charge is 0.310 e. The third-order valence-corrected chi connectivity index (χ3v) is 5.14. The van der Waals surface area contributed by atoms with E-state index in [2.05, 4.69) is 19.2 Å². The van der Waals surface area contributed by atoms with E-state index in [1.807, 2.05) is 0 Å². The van der Waals surface area contributed by atoms with Gasteiger partial charge in [-0.1, -0.05) is 65.2 Å². The van der Waals surface area contributed by atoms with Gasteiger partial charge in [0.05, 0.1) is 0 Å². The number of halogens is 1. The molecule has 2 atom stereocenters. The van der Waals surface area contributed by atoms with Crippen molar-refractivity contribution in [2.75, 3.05) is 12.4 Å². The molecule has 0 aromatic heterocycles. The monoisotopic (exact) mass is 287 g/mol. The third kappa shape index (κ3) is 6.99. The Balaban J connectivity index is 2.06. The molecule has 1 saturated carbocycles. The summed E-state index contributed by atoms with van der Waals surface area (Å²) in [6.45, 7) is 5.81. The van der Waals surface area contributed by atoms with E-state index in [1.165, 1.54) is 70.6 Å². The molecule has 0 spiro atoms. The first-order valence-corrected chi connectivity index (χ1v) is 9.07. The fourth-order valence-corrected chi connectivity index (χ4v) is 3.76. The molecule has 2 heteroatoms. The first kappa shape index (κ1) is 17.3. The maximum Gasteiger partial charge on any atom is 0.0406 e. The summed E-state index contributed by atoms with van der Waals surface area (Å²) in [6.07, 6.45) is 15.0. The van der Waals surface area contributed by atoms with Crippen LogP contribution in [0.3, 0.4) is 0 Å². The molecule has 0 aromatic carbocycles. The molecular formula is C17H34ClN. The Morgan fingerprint density at radius 1 is 1.11 bits per heavy atom. The van der Waals surface area contributed by atoms with Crippen molar-refractivity contribution in [3.8, 4) is 0 Å². The van der Waals surface area contributed by atoms with Crippen LogP contribution in [0.2, 0.25) is 0 Å². The highest BCUT2D eigenvalue weighted by atomic mass is 35.5. The Hall–Kier alpha value is 0.250. The predicted octanol–water partition coefficient (Wildman–Crippen LogP) is 5.51. The molecule has 19 heavy (non-hydrogen) atoms. The SMILES string of the molecule is CCCCCCCCCNC1(CCl)CCCC(C)C1. The summed E-state index contributed by atoms with van der Waals surface area (Å²) >= 11 is 6.24. The molecule has 1 aliphatic rings. The zero-order chi connectivity index (χ0) is 14.0. The van der Waals surface area contributed by atoms with E-state index < -0.39 is 0 Å². The highest BCUT2D eigenvalue weighted by molar-refractivity contribution is 6.18. The quantitative estimate of drug-likeness (QED) is 0.412. The molecule has 0 saturated heterocycles. The van der Waals surface area contributed by atoms with Crippen LogP contribution in [0.4, 0.5) is 0 Å². The summed E-state index contributed by atoms with van der Waals surface area (Å²) in [7, 11) is 0. The number of hydrogen-bond acceptors (Lipinski definition) is 1. The van der Waals surface area contributed by atoms with Gasteiger partial charge in [0.2, 0.25) is 0 Å². The normalized spacial score (nSPS) is 27.6. The van der Waals surface area contributed by atoms with Crippen LogP contribution in [-0.4, -0.2) is 18.0 Å². The van der Waals surface area contributed by atoms with Crippen LogP contribution in [0.1, 0.15) is 84.5 Å². The second-order valence-electron chi connectivity index (χ2n) is 6.66. The van der Waals surface area contributed by atoms with E-state index in [-0.39, 0.29) is 5.54 Å². The highest BCUT2D eigenvalue weighted by Gasteiger charge is 2.33. The zero-order valence-corrected chi connectivity index (χ0v) is 13.9. The lowest BCUT2D eigenvalue weighted by Gasteiger charge is -2.39. The maximum atomic E-state index is 6.24. The Morgan fingerprint density at radius 2 is 1.79 bits per heavy atom. The lowest BCUT2D eigenvalue weighted by Crippen LogP contribution is -2.50. The van der Waals surface area contributed by atoms with Crippen molar-refractivity contribution in [3.63, 3.8) is 0 Å². The van der Waals surface area contributed by atoms with Crippen molar-refractivity contribution in [1.29, 1.82) is 0 Å². The molecule has 0 aliphatic heterocycles. The summed E-state index contributed by atoms with van der Waals surface area (Å²) < 4.78 is 0. The van der Waals surface area contributed by atoms with Crippen molar-refractivity contribution in [3.05, 3.63) is 0 Å². The van der Waals surface area contributed by atoms with Crippen LogP contribution in [0.25, 0.3) is 0 Å². The molecular weight excluding hydrogens is 254 g/mol. The fourth-order valence-electron chi connectivity index (χ4n) is 3.42. The second-order valence-corrected chi connectivity index (χ2v) is 6.93. The van der Waals surface area contributed by atoms with Crippen LogP contribution < -0.4 is 5.32 Å². The minimum absolute atomic E-state index is 0.251. The van der Waals surface area contributed by atoms with Crippen molar-refractivity contribution < 1.29 is 0 Å². The molecule has 1 rings (SSSR count). The van der Waals surface area contributed by atoms with Gasteiger partial charge >= 0.3 is 0 Å². The van der Waals surface area contributed by atoms with Crippen molar-refractivity contribution in [2.24, 2.45) is 5.92 Å². The van der Waals surface area contributed by atoms with Crippen LogP contribution >= 0.6 is 11.6 Å². The van der Waals surface area contributed by atoms with Gasteiger partial charge in [0.1, 0.15) is 0 Å². The van der Waals surface area contributed by atoms with E-state index >= 15 is 0 Å². The molecule has 1 nitrogen and oxygen atoms in total. The van der Waals surface area contributed by atoms with E-state index in [0.717, 1.165) is 18.3 Å². The van der Waals surface area contributed by atoms with Gasteiger partial charge in [-0.05, 0) is 31.7 Å². The van der Waals surface area contributed by atoms with E-state index in [9.17, 15) is 0 Å². The van der Waals surface area contributed by atoms with Gasteiger partial charge < -0.3 is 5.32 Å². The van der Waals surface area contributed by atoms with Gasteiger partial charge in [0.25, 0.3) is 0 Å². The molecule has 2 unspecified atom stereocenters. The summed E-state index contributed by atoms with van der Waals surface area (Å²) in [5.41, 5.74) is 0.251. The molecule has 114 valence electrons. The Kier molecular flexibility index (Phi) is 9.15.